The third kappa shape index (κ3) is 5.31. The van der Waals surface area contributed by atoms with Crippen molar-refractivity contribution < 1.29 is 23.9 Å². The number of aromatic nitrogens is 2. The average Bonchev–Trinajstić information content (AvgIpc) is 3.75. The molecule has 6 bridgehead atoms. The van der Waals surface area contributed by atoms with E-state index < -0.39 is 17.3 Å². The molecule has 48 heavy (non-hydrogen) atoms. The molecular weight excluding hydrogens is 604 g/mol. The monoisotopic (exact) mass is 644 g/mol. The predicted octanol–water partition coefficient (Wildman–Crippen LogP) is 5.79. The number of anilines is 1. The molecule has 10 rings (SSSR count). The van der Waals surface area contributed by atoms with Crippen molar-refractivity contribution in [3.63, 3.8) is 0 Å². The van der Waals surface area contributed by atoms with E-state index in [1.165, 1.54) is 11.1 Å². The minimum Gasteiger partial charge on any atom is -0.485 e. The molecule has 2 aromatic carbocycles. The molecule has 9 heteroatoms. The number of benzene rings is 2. The zero-order valence-electron chi connectivity index (χ0n) is 27.6. The van der Waals surface area contributed by atoms with Crippen LogP contribution in [-0.4, -0.2) is 54.4 Å². The lowest BCUT2D eigenvalue weighted by atomic mass is 9.52. The molecule has 1 aromatic heterocycles. The first kappa shape index (κ1) is 31.5. The number of nitrogens with one attached hydrogen (secondary N) is 1. The molecular formula is C39H40N4O5. The number of nitrogens with zero attached hydrogens (tertiary/aromatic N) is 3. The summed E-state index contributed by atoms with van der Waals surface area (Å²) < 4.78 is 11.3. The maximum Gasteiger partial charge on any atom is 0.325 e. The van der Waals surface area contributed by atoms with E-state index in [0.29, 0.717) is 17.1 Å². The van der Waals surface area contributed by atoms with Gasteiger partial charge in [0, 0.05) is 41.6 Å². The highest BCUT2D eigenvalue weighted by atomic mass is 16.5. The normalized spacial score (nSPS) is 21.2. The summed E-state index contributed by atoms with van der Waals surface area (Å²) in [6.45, 7) is 7.56. The van der Waals surface area contributed by atoms with Crippen molar-refractivity contribution in [2.24, 2.45) is 11.8 Å². The number of carbonyl (C=O) groups is 3. The van der Waals surface area contributed by atoms with Crippen LogP contribution in [0.15, 0.2) is 84.0 Å². The SMILES string of the molecule is CCOC(=O)CNC(=O)c1nc(C(C)C2(C3C4=CC=C3C=C4)c3ccc(c(C=O)c3)N3CCC2CC3)nc(C)c1OCc1ccccc1. The van der Waals surface area contributed by atoms with Crippen molar-refractivity contribution in [3.8, 4) is 5.75 Å². The lowest BCUT2D eigenvalue weighted by Crippen LogP contribution is -2.50. The van der Waals surface area contributed by atoms with Crippen LogP contribution in [-0.2, 0) is 21.6 Å². The van der Waals surface area contributed by atoms with E-state index in [2.05, 4.69) is 59.6 Å². The molecule has 1 amide bonds. The summed E-state index contributed by atoms with van der Waals surface area (Å²) in [6, 6.07) is 16.1. The maximum absolute atomic E-state index is 13.8. The van der Waals surface area contributed by atoms with E-state index in [9.17, 15) is 14.4 Å². The van der Waals surface area contributed by atoms with Crippen LogP contribution in [0.4, 0.5) is 5.69 Å². The van der Waals surface area contributed by atoms with Crippen molar-refractivity contribution >= 4 is 23.9 Å². The Morgan fingerprint density at radius 3 is 2.46 bits per heavy atom. The summed E-state index contributed by atoms with van der Waals surface area (Å²) in [6.07, 6.45) is 11.7. The summed E-state index contributed by atoms with van der Waals surface area (Å²) in [5.41, 5.74) is 6.26. The molecule has 0 radical (unpaired) electrons. The highest BCUT2D eigenvalue weighted by Crippen LogP contribution is 2.61. The molecule has 7 aliphatic rings. The molecule has 0 saturated carbocycles. The number of aryl methyl sites for hydroxylation is 1. The van der Waals surface area contributed by atoms with Gasteiger partial charge in [-0.2, -0.15) is 0 Å². The van der Waals surface area contributed by atoms with Gasteiger partial charge < -0.3 is 19.7 Å². The van der Waals surface area contributed by atoms with Gasteiger partial charge in [0.2, 0.25) is 0 Å². The van der Waals surface area contributed by atoms with Gasteiger partial charge in [-0.15, -0.1) is 0 Å². The zero-order chi connectivity index (χ0) is 33.4. The second-order valence-corrected chi connectivity index (χ2v) is 13.0. The average molecular weight is 645 g/mol. The first-order valence-corrected chi connectivity index (χ1v) is 16.8. The number of hydrogen-bond acceptors (Lipinski definition) is 8. The van der Waals surface area contributed by atoms with E-state index in [-0.39, 0.29) is 49.0 Å². The van der Waals surface area contributed by atoms with Crippen molar-refractivity contribution in [1.29, 1.82) is 0 Å². The minimum atomic E-state index is -0.539. The second kappa shape index (κ2) is 12.9. The first-order valence-electron chi connectivity index (χ1n) is 16.8. The maximum atomic E-state index is 13.8. The molecule has 1 N–H and O–H groups in total. The van der Waals surface area contributed by atoms with Crippen LogP contribution in [0, 0.1) is 18.8 Å². The Labute approximate surface area is 280 Å². The third-order valence-electron chi connectivity index (χ3n) is 10.5. The van der Waals surface area contributed by atoms with Crippen molar-refractivity contribution in [3.05, 3.63) is 118 Å². The fourth-order valence-corrected chi connectivity index (χ4v) is 8.42. The van der Waals surface area contributed by atoms with Crippen LogP contribution < -0.4 is 15.0 Å². The predicted molar refractivity (Wildman–Crippen MR) is 182 cm³/mol. The Kier molecular flexibility index (Phi) is 8.45. The topological polar surface area (TPSA) is 111 Å². The number of carbonyl (C=O) groups excluding carboxylic acids is 3. The van der Waals surface area contributed by atoms with Crippen LogP contribution in [0.2, 0.25) is 0 Å². The van der Waals surface area contributed by atoms with Crippen LogP contribution >= 0.6 is 0 Å². The zero-order valence-corrected chi connectivity index (χ0v) is 27.6. The number of fused-ring (bicyclic) bond motifs is 2. The summed E-state index contributed by atoms with van der Waals surface area (Å²) in [5.74, 6) is -0.257. The molecule has 6 heterocycles. The molecule has 2 unspecified atom stereocenters. The number of hydrogen-bond donors (Lipinski definition) is 1. The van der Waals surface area contributed by atoms with Gasteiger partial charge in [0.15, 0.2) is 17.7 Å². The molecule has 2 aliphatic carbocycles. The molecule has 5 aliphatic heterocycles. The second-order valence-electron chi connectivity index (χ2n) is 13.0. The number of rotatable bonds is 11. The highest BCUT2D eigenvalue weighted by Gasteiger charge is 2.56. The van der Waals surface area contributed by atoms with Crippen LogP contribution in [0.3, 0.4) is 0 Å². The summed E-state index contributed by atoms with van der Waals surface area (Å²) in [5, 5.41) is 2.69. The number of ether oxygens (including phenoxy) is 2. The summed E-state index contributed by atoms with van der Waals surface area (Å²) >= 11 is 0. The largest absolute Gasteiger partial charge is 0.485 e. The van der Waals surface area contributed by atoms with E-state index in [1.54, 1.807) is 6.92 Å². The fraction of sp³-hybridized carbons (Fsp3) is 0.359. The van der Waals surface area contributed by atoms with Crippen molar-refractivity contribution in [2.75, 3.05) is 31.1 Å². The molecule has 246 valence electrons. The molecule has 1 saturated heterocycles. The van der Waals surface area contributed by atoms with Gasteiger partial charge in [-0.1, -0.05) is 67.6 Å². The Balaban J connectivity index is 1.36. The van der Waals surface area contributed by atoms with E-state index in [4.69, 9.17) is 19.4 Å². The van der Waals surface area contributed by atoms with Gasteiger partial charge in [-0.05, 0) is 67.0 Å². The Bertz CT molecular complexity index is 1840. The van der Waals surface area contributed by atoms with Gasteiger partial charge >= 0.3 is 5.97 Å². The highest BCUT2D eigenvalue weighted by molar-refractivity contribution is 5.97. The van der Waals surface area contributed by atoms with Gasteiger partial charge in [0.1, 0.15) is 19.0 Å². The Morgan fingerprint density at radius 2 is 1.79 bits per heavy atom. The molecule has 0 spiro atoms. The van der Waals surface area contributed by atoms with Crippen molar-refractivity contribution in [2.45, 2.75) is 51.6 Å². The van der Waals surface area contributed by atoms with Gasteiger partial charge in [0.05, 0.1) is 12.3 Å². The minimum absolute atomic E-state index is 0.0477. The van der Waals surface area contributed by atoms with Gasteiger partial charge in [-0.25, -0.2) is 9.97 Å². The van der Waals surface area contributed by atoms with E-state index in [0.717, 1.165) is 49.0 Å². The number of esters is 1. The molecule has 9 nitrogen and oxygen atoms in total. The molecule has 2 atom stereocenters. The van der Waals surface area contributed by atoms with E-state index >= 15 is 0 Å². The molecule has 1 fully saturated rings. The quantitative estimate of drug-likeness (QED) is 0.206. The van der Waals surface area contributed by atoms with Gasteiger partial charge in [-0.3, -0.25) is 14.4 Å². The summed E-state index contributed by atoms with van der Waals surface area (Å²) in [7, 11) is 0. The van der Waals surface area contributed by atoms with Crippen LogP contribution in [0.5, 0.6) is 5.75 Å². The standard InChI is InChI=1S/C39H40N4O5/c1-4-47-33(45)21-40-38(46)35-36(48-23-26-8-6-5-7-9-26)25(3)41-37(42-35)24(2)39(34-27-10-11-28(34)13-12-27)30-16-18-43(19-17-30)32-15-14-31(39)20-29(32)22-44/h5-15,20,22,24,30,34H,4,16-19,21,23H2,1-3H3,(H,40,46). The lowest BCUT2D eigenvalue weighted by Gasteiger charge is -2.51. The Morgan fingerprint density at radius 1 is 1.06 bits per heavy atom. The summed E-state index contributed by atoms with van der Waals surface area (Å²) in [4.78, 5) is 51.0. The third-order valence-corrected chi connectivity index (χ3v) is 10.5. The lowest BCUT2D eigenvalue weighted by molar-refractivity contribution is -0.141. The fourth-order valence-electron chi connectivity index (χ4n) is 8.42. The first-order chi connectivity index (χ1) is 23.3. The van der Waals surface area contributed by atoms with E-state index in [1.807, 2.05) is 37.3 Å². The number of piperidine rings is 1. The van der Waals surface area contributed by atoms with Crippen molar-refractivity contribution in [1.82, 2.24) is 15.3 Å². The Hall–Kier alpha value is -5.05. The van der Waals surface area contributed by atoms with Gasteiger partial charge in [0.25, 0.3) is 5.91 Å². The number of allylic oxidation sites excluding steroid dienone is 6. The van der Waals surface area contributed by atoms with Crippen LogP contribution in [0.1, 0.15) is 76.1 Å². The smallest absolute Gasteiger partial charge is 0.325 e. The number of aldehydes is 1. The number of amides is 1. The van der Waals surface area contributed by atoms with Crippen LogP contribution in [0.25, 0.3) is 0 Å². The molecule has 3 aromatic rings.